The standard InChI is InChI=1S/C55H77FN6O12S/c1-12-44-55(8)49-34(4)46(59-61(62(49)53(67)74-55)26-15-16-38-23-25-57-42-18-14-13-17-41(38)42)32(2)30-54(7,70-10)50(35(5)47(64)36(6)51(66)72-44)73-52-48(65)43(28-33(3)71-52)60(9)27-24-45(63)58-39(31-56)29-37-19-21-40(22-20-37)75(11,68)69/h13-14,17-23,25,32-36,39,43-44,48-50,52,65H,12,15-16,24,26-31H2,1-11H3,(H,58,63)/t32-,33-,34+,35+,36-,39+,43+,44-,48-,49?,50-,52+,54?,55?/m1/s1. The van der Waals surface area contributed by atoms with Gasteiger partial charge >= 0.3 is 12.1 Å². The predicted molar refractivity (Wildman–Crippen MR) is 279 cm³/mol. The van der Waals surface area contributed by atoms with Crippen LogP contribution in [0, 0.1) is 23.7 Å². The summed E-state index contributed by atoms with van der Waals surface area (Å²) in [5, 5.41) is 24.4. The number of likely N-dealkylation sites (N-methyl/N-ethyl adjacent to an activating group) is 1. The number of fused-ring (bicyclic) bond motifs is 2. The maximum atomic E-state index is 14.7. The van der Waals surface area contributed by atoms with Crippen LogP contribution in [0.5, 0.6) is 0 Å². The molecule has 20 heteroatoms. The van der Waals surface area contributed by atoms with E-state index in [0.29, 0.717) is 31.4 Å². The molecule has 75 heavy (non-hydrogen) atoms. The SMILES string of the molecule is CC[C@H]1OC(=O)[C@H](C)C(=O)[C@H](C)[C@@H](O[C@@H]2O[C@H](C)C[C@H](N(C)CCC(=O)N[C@H](CF)Cc3ccc(S(C)(=O)=O)cc3)[C@H]2O)C(C)(OC)C[C@@H](C)C2=NN(CCCc3ccnc4ccccc34)N3C(=O)OC1(C)C3[C@H]2C. The van der Waals surface area contributed by atoms with Crippen LogP contribution in [-0.2, 0) is 60.7 Å². The van der Waals surface area contributed by atoms with Crippen LogP contribution in [0.4, 0.5) is 9.18 Å². The number of amides is 2. The molecule has 4 aliphatic heterocycles. The van der Waals surface area contributed by atoms with Crippen molar-refractivity contribution in [2.24, 2.45) is 28.8 Å². The van der Waals surface area contributed by atoms with E-state index in [1.807, 2.05) is 69.9 Å². The summed E-state index contributed by atoms with van der Waals surface area (Å²) in [6.07, 6.45) is -0.434. The number of nitrogens with one attached hydrogen (secondary N) is 1. The summed E-state index contributed by atoms with van der Waals surface area (Å²) >= 11 is 0. The molecule has 0 saturated carbocycles. The van der Waals surface area contributed by atoms with Gasteiger partial charge in [-0.1, -0.05) is 58.0 Å². The lowest BCUT2D eigenvalue weighted by atomic mass is 9.73. The van der Waals surface area contributed by atoms with Gasteiger partial charge in [-0.3, -0.25) is 19.4 Å². The molecule has 0 aliphatic carbocycles. The molecule has 2 N–H and O–H groups in total. The number of hydrazone groups is 1. The Morgan fingerprint density at radius 1 is 1.04 bits per heavy atom. The third kappa shape index (κ3) is 12.4. The van der Waals surface area contributed by atoms with E-state index in [0.717, 1.165) is 28.4 Å². The van der Waals surface area contributed by atoms with Crippen molar-refractivity contribution >= 4 is 50.2 Å². The van der Waals surface area contributed by atoms with Crippen molar-refractivity contribution in [3.63, 3.8) is 0 Å². The summed E-state index contributed by atoms with van der Waals surface area (Å²) in [6, 6.07) is 14.0. The monoisotopic (exact) mass is 1060 g/mol. The smallest absolute Gasteiger partial charge is 0.431 e. The Morgan fingerprint density at radius 3 is 2.41 bits per heavy atom. The van der Waals surface area contributed by atoms with Gasteiger partial charge in [-0.15, -0.1) is 0 Å². The molecule has 3 unspecified atom stereocenters. The highest BCUT2D eigenvalue weighted by Crippen LogP contribution is 2.46. The third-order valence-electron chi connectivity index (χ3n) is 16.1. The second-order valence-corrected chi connectivity index (χ2v) is 23.7. The summed E-state index contributed by atoms with van der Waals surface area (Å²) in [6.45, 7) is 14.2. The van der Waals surface area contributed by atoms with Crippen LogP contribution in [0.25, 0.3) is 10.9 Å². The fourth-order valence-electron chi connectivity index (χ4n) is 11.9. The number of nitrogens with zero attached hydrogens (tertiary/aromatic N) is 5. The summed E-state index contributed by atoms with van der Waals surface area (Å²) in [5.41, 5.74) is 0.807. The van der Waals surface area contributed by atoms with Crippen LogP contribution in [0.2, 0.25) is 0 Å². The first-order valence-corrected chi connectivity index (χ1v) is 28.2. The number of aliphatic hydroxyl groups excluding tert-OH is 1. The van der Waals surface area contributed by atoms with Gasteiger partial charge < -0.3 is 39.0 Å². The molecule has 5 heterocycles. The van der Waals surface area contributed by atoms with E-state index in [4.69, 9.17) is 28.8 Å². The minimum Gasteiger partial charge on any atom is -0.457 e. The number of esters is 1. The lowest BCUT2D eigenvalue weighted by Crippen LogP contribution is -2.63. The molecular formula is C55H77FN6O12S. The van der Waals surface area contributed by atoms with Gasteiger partial charge in [0, 0.05) is 61.5 Å². The summed E-state index contributed by atoms with van der Waals surface area (Å²) in [5.74, 6) is -4.74. The van der Waals surface area contributed by atoms with Gasteiger partial charge in [0.1, 0.15) is 30.8 Å². The normalized spacial score (nSPS) is 32.2. The number of aliphatic hydroxyl groups is 1. The Labute approximate surface area is 440 Å². The number of cyclic esters (lactones) is 1. The number of ketones is 1. The second-order valence-electron chi connectivity index (χ2n) is 21.6. The number of methoxy groups -OCH3 is 1. The van der Waals surface area contributed by atoms with Crippen LogP contribution in [-0.4, -0.2) is 163 Å². The number of aromatic nitrogens is 1. The lowest BCUT2D eigenvalue weighted by molar-refractivity contribution is -0.295. The number of pyridine rings is 1. The Balaban J connectivity index is 1.13. The summed E-state index contributed by atoms with van der Waals surface area (Å²) in [4.78, 5) is 62.8. The van der Waals surface area contributed by atoms with Gasteiger partial charge in [0.15, 0.2) is 27.5 Å². The predicted octanol–water partition coefficient (Wildman–Crippen LogP) is 6.25. The highest BCUT2D eigenvalue weighted by molar-refractivity contribution is 7.90. The van der Waals surface area contributed by atoms with Crippen LogP contribution in [0.3, 0.4) is 0 Å². The number of carbonyl (C=O) groups excluding carboxylic acids is 4. The van der Waals surface area contributed by atoms with Crippen LogP contribution in [0.1, 0.15) is 98.6 Å². The van der Waals surface area contributed by atoms with E-state index in [9.17, 15) is 37.1 Å². The number of benzene rings is 2. The van der Waals surface area contributed by atoms with Crippen LogP contribution in [0.15, 0.2) is 70.8 Å². The molecule has 14 atom stereocenters. The fraction of sp³-hybridized carbons (Fsp3) is 0.636. The minimum atomic E-state index is -3.40. The molecule has 4 aliphatic rings. The minimum absolute atomic E-state index is 0.0234. The molecule has 2 aromatic carbocycles. The average Bonchev–Trinajstić information content (AvgIpc) is 3.66. The molecule has 18 nitrogen and oxygen atoms in total. The van der Waals surface area contributed by atoms with Crippen molar-refractivity contribution in [1.29, 1.82) is 0 Å². The molecule has 1 aromatic heterocycles. The molecule has 7 rings (SSSR count). The van der Waals surface area contributed by atoms with Crippen molar-refractivity contribution in [2.75, 3.05) is 40.2 Å². The molecule has 2 bridgehead atoms. The molecule has 3 aromatic rings. The number of hydrogen-bond donors (Lipinski definition) is 2. The van der Waals surface area contributed by atoms with E-state index in [-0.39, 0.29) is 43.0 Å². The second kappa shape index (κ2) is 23.6. The first-order chi connectivity index (χ1) is 35.4. The highest BCUT2D eigenvalue weighted by atomic mass is 32.2. The van der Waals surface area contributed by atoms with Crippen LogP contribution >= 0.6 is 0 Å². The number of aryl methyl sites for hydroxylation is 1. The van der Waals surface area contributed by atoms with E-state index in [2.05, 4.69) is 10.3 Å². The van der Waals surface area contributed by atoms with Gasteiger partial charge in [0.25, 0.3) is 0 Å². The Hall–Kier alpha value is -5.12. The van der Waals surface area contributed by atoms with Crippen molar-refractivity contribution in [3.05, 3.63) is 71.9 Å². The quantitative estimate of drug-likeness (QED) is 0.113. The number of alkyl halides is 1. The maximum absolute atomic E-state index is 14.7. The molecule has 412 valence electrons. The van der Waals surface area contributed by atoms with Gasteiger partial charge in [0.05, 0.1) is 40.8 Å². The first kappa shape index (κ1) is 57.6. The van der Waals surface area contributed by atoms with Gasteiger partial charge in [0.2, 0.25) is 5.91 Å². The number of rotatable bonds is 17. The lowest BCUT2D eigenvalue weighted by Gasteiger charge is -2.49. The number of para-hydroxylation sites is 1. The summed E-state index contributed by atoms with van der Waals surface area (Å²) < 4.78 is 70.1. The van der Waals surface area contributed by atoms with Crippen LogP contribution < -0.4 is 5.32 Å². The molecule has 0 radical (unpaired) electrons. The number of halogens is 1. The third-order valence-corrected chi connectivity index (χ3v) is 17.2. The van der Waals surface area contributed by atoms with E-state index < -0.39 is 118 Å². The van der Waals surface area contributed by atoms with Gasteiger partial charge in [-0.05, 0) is 115 Å². The number of sulfone groups is 1. The van der Waals surface area contributed by atoms with Gasteiger partial charge in [-0.2, -0.15) is 15.2 Å². The van der Waals surface area contributed by atoms with Crippen molar-refractivity contribution in [3.8, 4) is 0 Å². The topological polar surface area (TPSA) is 216 Å². The number of Topliss-reactive ketones (excluding diaryl/α,β-unsaturated/α-hetero) is 1. The molecule has 0 spiro atoms. The van der Waals surface area contributed by atoms with Crippen molar-refractivity contribution < 1.29 is 60.8 Å². The van der Waals surface area contributed by atoms with E-state index in [1.54, 1.807) is 49.4 Å². The van der Waals surface area contributed by atoms with Crippen molar-refractivity contribution in [2.45, 2.75) is 165 Å². The largest absolute Gasteiger partial charge is 0.457 e. The van der Waals surface area contributed by atoms with Crippen molar-refractivity contribution in [1.82, 2.24) is 25.3 Å². The highest BCUT2D eigenvalue weighted by Gasteiger charge is 2.63. The number of carbonyl (C=O) groups is 4. The van der Waals surface area contributed by atoms with Gasteiger partial charge in [-0.25, -0.2) is 17.6 Å². The Kier molecular flexibility index (Phi) is 18.1. The molecular weight excluding hydrogens is 988 g/mol. The number of hydrazine groups is 1. The van der Waals surface area contributed by atoms with E-state index in [1.165, 1.54) is 26.2 Å². The first-order valence-electron chi connectivity index (χ1n) is 26.3. The fourth-order valence-corrected chi connectivity index (χ4v) is 12.5. The maximum Gasteiger partial charge on any atom is 0.431 e. The zero-order valence-corrected chi connectivity index (χ0v) is 46.0. The molecule has 2 amide bonds. The zero-order chi connectivity index (χ0) is 54.7. The number of ether oxygens (including phenoxy) is 5. The Bertz CT molecular complexity index is 2680. The number of hydrogen-bond acceptors (Lipinski definition) is 16. The van der Waals surface area contributed by atoms with E-state index >= 15 is 0 Å². The average molecular weight is 1070 g/mol. The molecule has 3 saturated heterocycles. The molecule has 3 fully saturated rings. The summed E-state index contributed by atoms with van der Waals surface area (Å²) in [7, 11) is -0.107. The Morgan fingerprint density at radius 2 is 1.75 bits per heavy atom. The zero-order valence-electron chi connectivity index (χ0n) is 45.2.